The van der Waals surface area contributed by atoms with Crippen LogP contribution < -0.4 is 10.1 Å². The van der Waals surface area contributed by atoms with Gasteiger partial charge in [-0.3, -0.25) is 4.79 Å². The first-order valence-corrected chi connectivity index (χ1v) is 7.91. The minimum Gasteiger partial charge on any atom is -0.481 e. The number of aromatic nitrogens is 1. The predicted molar refractivity (Wildman–Crippen MR) is 78.3 cm³/mol. The second-order valence-corrected chi connectivity index (χ2v) is 6.36. The van der Waals surface area contributed by atoms with Crippen LogP contribution in [0.2, 0.25) is 0 Å². The van der Waals surface area contributed by atoms with Gasteiger partial charge in [0, 0.05) is 17.9 Å². The summed E-state index contributed by atoms with van der Waals surface area (Å²) in [5.41, 5.74) is 0.881. The van der Waals surface area contributed by atoms with Crippen molar-refractivity contribution in [1.82, 2.24) is 4.98 Å². The number of carbonyl (C=O) groups is 1. The third-order valence-corrected chi connectivity index (χ3v) is 3.88. The second kappa shape index (κ2) is 5.92. The molecule has 0 aliphatic carbocycles. The Hall–Kier alpha value is -2.41. The number of anilines is 1. The van der Waals surface area contributed by atoms with E-state index >= 15 is 0 Å². The van der Waals surface area contributed by atoms with Crippen LogP contribution in [0, 0.1) is 0 Å². The van der Waals surface area contributed by atoms with Crippen LogP contribution in [0.1, 0.15) is 10.4 Å². The van der Waals surface area contributed by atoms with Gasteiger partial charge in [-0.25, -0.2) is 13.4 Å². The molecule has 0 fully saturated rings. The van der Waals surface area contributed by atoms with Crippen LogP contribution in [0.25, 0.3) is 0 Å². The first-order chi connectivity index (χ1) is 9.90. The molecular formula is C14H14N2O4S. The Morgan fingerprint density at radius 2 is 1.81 bits per heavy atom. The number of hydrogen-bond donors (Lipinski definition) is 1. The van der Waals surface area contributed by atoms with E-state index in [1.165, 1.54) is 37.6 Å². The quantitative estimate of drug-likeness (QED) is 0.930. The fourth-order valence-corrected chi connectivity index (χ4v) is 2.26. The number of sulfone groups is 1. The van der Waals surface area contributed by atoms with E-state index in [2.05, 4.69) is 10.3 Å². The summed E-state index contributed by atoms with van der Waals surface area (Å²) >= 11 is 0. The van der Waals surface area contributed by atoms with E-state index in [4.69, 9.17) is 4.74 Å². The number of amides is 1. The summed E-state index contributed by atoms with van der Waals surface area (Å²) in [5, 5.41) is 2.66. The molecule has 1 amide bonds. The summed E-state index contributed by atoms with van der Waals surface area (Å²) in [5.74, 6) is 0.104. The monoisotopic (exact) mass is 306 g/mol. The molecule has 0 saturated heterocycles. The maximum atomic E-state index is 12.0. The van der Waals surface area contributed by atoms with Gasteiger partial charge in [-0.05, 0) is 30.3 Å². The van der Waals surface area contributed by atoms with Crippen LogP contribution in [-0.4, -0.2) is 32.7 Å². The van der Waals surface area contributed by atoms with Crippen LogP contribution in [-0.2, 0) is 9.84 Å². The lowest BCUT2D eigenvalue weighted by Gasteiger charge is -2.06. The number of hydrogen-bond acceptors (Lipinski definition) is 5. The van der Waals surface area contributed by atoms with E-state index in [0.29, 0.717) is 17.1 Å². The average Bonchev–Trinajstić information content (AvgIpc) is 2.47. The van der Waals surface area contributed by atoms with Gasteiger partial charge in [0.1, 0.15) is 0 Å². The van der Waals surface area contributed by atoms with Gasteiger partial charge >= 0.3 is 0 Å². The molecule has 0 saturated carbocycles. The smallest absolute Gasteiger partial charge is 0.255 e. The molecule has 6 nitrogen and oxygen atoms in total. The van der Waals surface area contributed by atoms with Gasteiger partial charge in [0.25, 0.3) is 5.91 Å². The lowest BCUT2D eigenvalue weighted by molar-refractivity contribution is 0.102. The van der Waals surface area contributed by atoms with Crippen molar-refractivity contribution in [2.75, 3.05) is 18.7 Å². The number of nitrogens with one attached hydrogen (secondary N) is 1. The summed E-state index contributed by atoms with van der Waals surface area (Å²) < 4.78 is 27.6. The van der Waals surface area contributed by atoms with E-state index in [0.717, 1.165) is 6.26 Å². The Kier molecular flexibility index (Phi) is 4.23. The first kappa shape index (κ1) is 15.0. The first-order valence-electron chi connectivity index (χ1n) is 6.01. The van der Waals surface area contributed by atoms with E-state index in [-0.39, 0.29) is 10.8 Å². The molecule has 21 heavy (non-hydrogen) atoms. The Morgan fingerprint density at radius 1 is 1.14 bits per heavy atom. The zero-order valence-corrected chi connectivity index (χ0v) is 12.3. The minimum atomic E-state index is -3.27. The lowest BCUT2D eigenvalue weighted by Crippen LogP contribution is -2.12. The van der Waals surface area contributed by atoms with Crippen LogP contribution in [0.5, 0.6) is 5.88 Å². The predicted octanol–water partition coefficient (Wildman–Crippen LogP) is 1.75. The highest BCUT2D eigenvalue weighted by Crippen LogP contribution is 2.14. The highest BCUT2D eigenvalue weighted by atomic mass is 32.2. The summed E-state index contributed by atoms with van der Waals surface area (Å²) in [6.45, 7) is 0. The number of ether oxygens (including phenoxy) is 1. The molecule has 0 radical (unpaired) electrons. The molecule has 1 aromatic carbocycles. The van der Waals surface area contributed by atoms with E-state index in [1.54, 1.807) is 12.1 Å². The number of carbonyl (C=O) groups excluding carboxylic acids is 1. The van der Waals surface area contributed by atoms with E-state index in [1.807, 2.05) is 0 Å². The number of benzene rings is 1. The Labute approximate surface area is 122 Å². The van der Waals surface area contributed by atoms with Crippen molar-refractivity contribution in [3.8, 4) is 5.88 Å². The molecule has 110 valence electrons. The summed E-state index contributed by atoms with van der Waals surface area (Å²) in [7, 11) is -1.76. The van der Waals surface area contributed by atoms with Gasteiger partial charge in [0.2, 0.25) is 5.88 Å². The van der Waals surface area contributed by atoms with Crippen molar-refractivity contribution in [3.63, 3.8) is 0 Å². The maximum absolute atomic E-state index is 12.0. The largest absolute Gasteiger partial charge is 0.481 e. The van der Waals surface area contributed by atoms with Crippen molar-refractivity contribution in [2.24, 2.45) is 0 Å². The average molecular weight is 306 g/mol. The second-order valence-electron chi connectivity index (χ2n) is 4.34. The topological polar surface area (TPSA) is 85.4 Å². The normalized spacial score (nSPS) is 11.0. The highest BCUT2D eigenvalue weighted by Gasteiger charge is 2.10. The third-order valence-electron chi connectivity index (χ3n) is 2.75. The van der Waals surface area contributed by atoms with Gasteiger partial charge in [-0.15, -0.1) is 0 Å². The van der Waals surface area contributed by atoms with Gasteiger partial charge in [-0.1, -0.05) is 0 Å². The Balaban J connectivity index is 2.12. The van der Waals surface area contributed by atoms with Crippen molar-refractivity contribution in [2.45, 2.75) is 4.90 Å². The molecule has 2 rings (SSSR count). The molecule has 0 unspecified atom stereocenters. The van der Waals surface area contributed by atoms with Crippen LogP contribution in [0.15, 0.2) is 47.5 Å². The third kappa shape index (κ3) is 3.79. The highest BCUT2D eigenvalue weighted by molar-refractivity contribution is 7.90. The van der Waals surface area contributed by atoms with Crippen LogP contribution in [0.3, 0.4) is 0 Å². The number of methoxy groups -OCH3 is 1. The SMILES string of the molecule is COc1ccc(NC(=O)c2ccc(S(C)(=O)=O)cc2)cn1. The molecule has 1 N–H and O–H groups in total. The number of pyridine rings is 1. The van der Waals surface area contributed by atoms with Crippen molar-refractivity contribution in [1.29, 1.82) is 0 Å². The fraction of sp³-hybridized carbons (Fsp3) is 0.143. The molecule has 0 aliphatic heterocycles. The van der Waals surface area contributed by atoms with Crippen molar-refractivity contribution >= 4 is 21.4 Å². The van der Waals surface area contributed by atoms with E-state index in [9.17, 15) is 13.2 Å². The molecule has 2 aromatic rings. The Morgan fingerprint density at radius 3 is 2.29 bits per heavy atom. The molecule has 1 heterocycles. The molecule has 0 spiro atoms. The molecule has 0 atom stereocenters. The van der Waals surface area contributed by atoms with Gasteiger partial charge < -0.3 is 10.1 Å². The zero-order chi connectivity index (χ0) is 15.5. The van der Waals surface area contributed by atoms with Crippen molar-refractivity contribution < 1.29 is 17.9 Å². The standard InChI is InChI=1S/C14H14N2O4S/c1-20-13-8-5-11(9-15-13)16-14(17)10-3-6-12(7-4-10)21(2,18)19/h3-9H,1-2H3,(H,16,17). The molecule has 0 bridgehead atoms. The number of nitrogens with zero attached hydrogens (tertiary/aromatic N) is 1. The zero-order valence-electron chi connectivity index (χ0n) is 11.5. The van der Waals surface area contributed by atoms with E-state index < -0.39 is 9.84 Å². The summed E-state index contributed by atoms with van der Waals surface area (Å²) in [6, 6.07) is 9.01. The molecule has 0 aliphatic rings. The van der Waals surface area contributed by atoms with Crippen molar-refractivity contribution in [3.05, 3.63) is 48.2 Å². The van der Waals surface area contributed by atoms with Crippen LogP contribution >= 0.6 is 0 Å². The Bertz CT molecular complexity index is 738. The minimum absolute atomic E-state index is 0.171. The van der Waals surface area contributed by atoms with Crippen LogP contribution in [0.4, 0.5) is 5.69 Å². The molecule has 7 heteroatoms. The molecule has 1 aromatic heterocycles. The molecular weight excluding hydrogens is 292 g/mol. The van der Waals surface area contributed by atoms with Gasteiger partial charge in [-0.2, -0.15) is 0 Å². The van der Waals surface area contributed by atoms with Gasteiger partial charge in [0.05, 0.1) is 23.9 Å². The maximum Gasteiger partial charge on any atom is 0.255 e. The lowest BCUT2D eigenvalue weighted by atomic mass is 10.2. The summed E-state index contributed by atoms with van der Waals surface area (Å²) in [4.78, 5) is 16.2. The van der Waals surface area contributed by atoms with Gasteiger partial charge in [0.15, 0.2) is 9.84 Å². The number of rotatable bonds is 4. The fourth-order valence-electron chi connectivity index (χ4n) is 1.63. The summed E-state index contributed by atoms with van der Waals surface area (Å²) in [6.07, 6.45) is 2.59.